The van der Waals surface area contributed by atoms with Gasteiger partial charge in [0.05, 0.1) is 19.8 Å². The van der Waals surface area contributed by atoms with Crippen LogP contribution in [0.3, 0.4) is 0 Å². The van der Waals surface area contributed by atoms with Gasteiger partial charge in [0.15, 0.2) is 5.69 Å². The van der Waals surface area contributed by atoms with E-state index in [9.17, 15) is 22.4 Å². The molecule has 0 saturated carbocycles. The maximum atomic E-state index is 13.7. The van der Waals surface area contributed by atoms with Gasteiger partial charge in [-0.25, -0.2) is 9.37 Å². The van der Waals surface area contributed by atoms with Crippen molar-refractivity contribution in [1.29, 1.82) is 0 Å². The summed E-state index contributed by atoms with van der Waals surface area (Å²) in [6.07, 6.45) is -4.46. The molecule has 3 aromatic rings. The highest BCUT2D eigenvalue weighted by Crippen LogP contribution is 2.40. The first-order valence-electron chi connectivity index (χ1n) is 9.06. The fourth-order valence-corrected chi connectivity index (χ4v) is 3.88. The van der Waals surface area contributed by atoms with Gasteiger partial charge in [-0.3, -0.25) is 4.79 Å². The molecule has 1 heterocycles. The van der Waals surface area contributed by atoms with Gasteiger partial charge in [0.1, 0.15) is 27.2 Å². The molecule has 2 aromatic carbocycles. The van der Waals surface area contributed by atoms with Crippen LogP contribution in [-0.2, 0) is 12.6 Å². The highest BCUT2D eigenvalue weighted by atomic mass is 32.1. The molecule has 164 valence electrons. The fourth-order valence-electron chi connectivity index (χ4n) is 2.86. The summed E-state index contributed by atoms with van der Waals surface area (Å²) in [5.41, 5.74) is -0.434. The molecule has 0 spiro atoms. The molecule has 3 rings (SSSR count). The molecule has 0 unspecified atom stereocenters. The highest BCUT2D eigenvalue weighted by Gasteiger charge is 2.40. The molecule has 31 heavy (non-hydrogen) atoms. The minimum atomic E-state index is -4.85. The average Bonchev–Trinajstić information content (AvgIpc) is 3.20. The summed E-state index contributed by atoms with van der Waals surface area (Å²) >= 11 is 0.528. The molecule has 0 aliphatic carbocycles. The number of amides is 1. The fraction of sp³-hybridized carbons (Fsp3) is 0.238. The van der Waals surface area contributed by atoms with E-state index in [0.717, 1.165) is 17.7 Å². The third-order valence-electron chi connectivity index (χ3n) is 4.33. The molecule has 0 aliphatic heterocycles. The van der Waals surface area contributed by atoms with Crippen molar-refractivity contribution in [3.05, 3.63) is 64.4 Å². The van der Waals surface area contributed by atoms with Crippen LogP contribution in [-0.4, -0.2) is 31.7 Å². The zero-order chi connectivity index (χ0) is 22.6. The lowest BCUT2D eigenvalue weighted by Crippen LogP contribution is -2.27. The number of ether oxygens (including phenoxy) is 2. The summed E-state index contributed by atoms with van der Waals surface area (Å²) in [4.78, 5) is 15.5. The van der Waals surface area contributed by atoms with Crippen molar-refractivity contribution in [3.8, 4) is 22.1 Å². The molecule has 0 aliphatic rings. The van der Waals surface area contributed by atoms with Gasteiger partial charge in [-0.1, -0.05) is 12.1 Å². The molecule has 0 radical (unpaired) electrons. The van der Waals surface area contributed by atoms with Crippen molar-refractivity contribution >= 4 is 17.2 Å². The predicted octanol–water partition coefficient (Wildman–Crippen LogP) is 4.96. The number of hydrogen-bond acceptors (Lipinski definition) is 5. The largest absolute Gasteiger partial charge is 0.497 e. The first-order valence-corrected chi connectivity index (χ1v) is 9.87. The van der Waals surface area contributed by atoms with Crippen LogP contribution in [0.25, 0.3) is 10.6 Å². The van der Waals surface area contributed by atoms with Crippen LogP contribution < -0.4 is 14.8 Å². The number of methoxy groups -OCH3 is 2. The van der Waals surface area contributed by atoms with Crippen molar-refractivity contribution in [3.63, 3.8) is 0 Å². The number of nitrogens with zero attached hydrogens (tertiary/aromatic N) is 1. The minimum Gasteiger partial charge on any atom is -0.497 e. The van der Waals surface area contributed by atoms with E-state index >= 15 is 0 Å². The lowest BCUT2D eigenvalue weighted by atomic mass is 10.1. The van der Waals surface area contributed by atoms with Crippen molar-refractivity contribution in [2.24, 2.45) is 0 Å². The zero-order valence-corrected chi connectivity index (χ0v) is 17.4. The van der Waals surface area contributed by atoms with Gasteiger partial charge < -0.3 is 14.8 Å². The molecular weight excluding hydrogens is 436 g/mol. The Kier molecular flexibility index (Phi) is 6.79. The summed E-state index contributed by atoms with van der Waals surface area (Å²) in [5, 5.41) is 2.32. The minimum absolute atomic E-state index is 0.0356. The molecule has 5 nitrogen and oxygen atoms in total. The SMILES string of the molecule is COc1cccc(CCNC(=O)c2sc(-c3cc(F)ccc3OC)nc2C(F)(F)F)c1. The van der Waals surface area contributed by atoms with Crippen molar-refractivity contribution in [1.82, 2.24) is 10.3 Å². The van der Waals surface area contributed by atoms with E-state index in [1.54, 1.807) is 18.2 Å². The number of hydrogen-bond donors (Lipinski definition) is 1. The van der Waals surface area contributed by atoms with E-state index in [4.69, 9.17) is 9.47 Å². The first-order chi connectivity index (χ1) is 14.7. The monoisotopic (exact) mass is 454 g/mol. The molecule has 1 amide bonds. The Balaban J connectivity index is 1.84. The quantitative estimate of drug-likeness (QED) is 0.513. The topological polar surface area (TPSA) is 60.5 Å². The maximum absolute atomic E-state index is 13.7. The number of aromatic nitrogens is 1. The van der Waals surface area contributed by atoms with E-state index in [0.29, 0.717) is 23.5 Å². The van der Waals surface area contributed by atoms with Crippen LogP contribution in [0.4, 0.5) is 17.6 Å². The Morgan fingerprint density at radius 3 is 2.58 bits per heavy atom. The number of nitrogens with one attached hydrogen (secondary N) is 1. The number of benzene rings is 2. The Labute approximate surface area is 179 Å². The average molecular weight is 454 g/mol. The van der Waals surface area contributed by atoms with Gasteiger partial charge in [0.25, 0.3) is 5.91 Å². The zero-order valence-electron chi connectivity index (χ0n) is 16.5. The van der Waals surface area contributed by atoms with E-state index in [1.165, 1.54) is 20.3 Å². The van der Waals surface area contributed by atoms with Crippen LogP contribution in [0.5, 0.6) is 11.5 Å². The number of thiazole rings is 1. The van der Waals surface area contributed by atoms with E-state index < -0.39 is 28.5 Å². The lowest BCUT2D eigenvalue weighted by Gasteiger charge is -2.08. The summed E-state index contributed by atoms with van der Waals surface area (Å²) in [6.45, 7) is 0.111. The standard InChI is InChI=1S/C21H18F4N2O3S/c1-29-14-5-3-4-12(10-14)8-9-26-19(28)17-18(21(23,24)25)27-20(31-17)15-11-13(22)6-7-16(15)30-2/h3-7,10-11H,8-9H2,1-2H3,(H,26,28). The number of halogens is 4. The van der Waals surface area contributed by atoms with Crippen LogP contribution in [0.1, 0.15) is 20.9 Å². The van der Waals surface area contributed by atoms with Crippen LogP contribution in [0, 0.1) is 5.82 Å². The Hall–Kier alpha value is -3.14. The Morgan fingerprint density at radius 2 is 1.90 bits per heavy atom. The van der Waals surface area contributed by atoms with Crippen molar-refractivity contribution in [2.75, 3.05) is 20.8 Å². The first kappa shape index (κ1) is 22.5. The third kappa shape index (κ3) is 5.32. The van der Waals surface area contributed by atoms with Gasteiger partial charge >= 0.3 is 6.18 Å². The second-order valence-electron chi connectivity index (χ2n) is 6.40. The summed E-state index contributed by atoms with van der Waals surface area (Å²) < 4.78 is 64.4. The Morgan fingerprint density at radius 1 is 1.13 bits per heavy atom. The molecule has 0 atom stereocenters. The highest BCUT2D eigenvalue weighted by molar-refractivity contribution is 7.17. The predicted molar refractivity (Wildman–Crippen MR) is 108 cm³/mol. The van der Waals surface area contributed by atoms with E-state index in [-0.39, 0.29) is 22.9 Å². The third-order valence-corrected chi connectivity index (χ3v) is 5.41. The Bertz CT molecular complexity index is 1080. The summed E-state index contributed by atoms with van der Waals surface area (Å²) in [7, 11) is 2.83. The van der Waals surface area contributed by atoms with Gasteiger partial charge in [-0.2, -0.15) is 13.2 Å². The lowest BCUT2D eigenvalue weighted by molar-refractivity contribution is -0.141. The van der Waals surface area contributed by atoms with Crippen molar-refractivity contribution < 1.29 is 31.8 Å². The molecule has 0 bridgehead atoms. The number of carbonyl (C=O) groups excluding carboxylic acids is 1. The number of carbonyl (C=O) groups is 1. The normalized spacial score (nSPS) is 11.3. The van der Waals surface area contributed by atoms with Gasteiger partial charge in [0, 0.05) is 6.54 Å². The summed E-state index contributed by atoms with van der Waals surface area (Å²) in [6, 6.07) is 10.5. The molecule has 1 N–H and O–H groups in total. The van der Waals surface area contributed by atoms with E-state index in [1.807, 2.05) is 6.07 Å². The van der Waals surface area contributed by atoms with Gasteiger partial charge in [0.2, 0.25) is 0 Å². The smallest absolute Gasteiger partial charge is 0.435 e. The molecule has 1 aromatic heterocycles. The molecule has 0 saturated heterocycles. The molecular formula is C21H18F4N2O3S. The van der Waals surface area contributed by atoms with Crippen LogP contribution >= 0.6 is 11.3 Å². The van der Waals surface area contributed by atoms with Crippen LogP contribution in [0.15, 0.2) is 42.5 Å². The molecule has 0 fully saturated rings. The van der Waals surface area contributed by atoms with Crippen LogP contribution in [0.2, 0.25) is 0 Å². The van der Waals surface area contributed by atoms with E-state index in [2.05, 4.69) is 10.3 Å². The number of rotatable bonds is 7. The summed E-state index contributed by atoms with van der Waals surface area (Å²) in [5.74, 6) is -0.786. The van der Waals surface area contributed by atoms with Gasteiger partial charge in [-0.15, -0.1) is 11.3 Å². The number of alkyl halides is 3. The molecule has 10 heteroatoms. The second-order valence-corrected chi connectivity index (χ2v) is 7.40. The van der Waals surface area contributed by atoms with Gasteiger partial charge in [-0.05, 0) is 42.3 Å². The van der Waals surface area contributed by atoms with Crippen molar-refractivity contribution in [2.45, 2.75) is 12.6 Å². The maximum Gasteiger partial charge on any atom is 0.435 e. The second kappa shape index (κ2) is 9.34.